The van der Waals surface area contributed by atoms with Gasteiger partial charge in [-0.2, -0.15) is 0 Å². The minimum Gasteiger partial charge on any atom is -0.0617 e. The van der Waals surface area contributed by atoms with Crippen LogP contribution in [0.25, 0.3) is 0 Å². The highest BCUT2D eigenvalue weighted by Crippen LogP contribution is 2.49. The van der Waals surface area contributed by atoms with E-state index < -0.39 is 0 Å². The van der Waals surface area contributed by atoms with E-state index in [1.165, 1.54) is 0 Å². The molecule has 0 rings (SSSR count). The Bertz CT molecular complexity index is 234. The first-order chi connectivity index (χ1) is 7.22. The third-order valence-electron chi connectivity index (χ3n) is 5.70. The van der Waals surface area contributed by atoms with Gasteiger partial charge in [-0.1, -0.05) is 76.2 Å². The van der Waals surface area contributed by atoms with Crippen molar-refractivity contribution in [2.75, 3.05) is 0 Å². The fourth-order valence-corrected chi connectivity index (χ4v) is 2.90. The number of rotatable bonds is 3. The highest BCUT2D eigenvalue weighted by atomic mass is 14.5. The van der Waals surface area contributed by atoms with Crippen LogP contribution in [0.3, 0.4) is 0 Å². The summed E-state index contributed by atoms with van der Waals surface area (Å²) in [5.41, 5.74) is 1.16. The third-order valence-corrected chi connectivity index (χ3v) is 5.70. The molecule has 3 atom stereocenters. The molecule has 0 aromatic heterocycles. The van der Waals surface area contributed by atoms with Gasteiger partial charge >= 0.3 is 0 Å². The van der Waals surface area contributed by atoms with Crippen molar-refractivity contribution in [2.45, 2.75) is 76.2 Å². The number of hydrogen-bond acceptors (Lipinski definition) is 0. The Kier molecular flexibility index (Phi) is 4.94. The van der Waals surface area contributed by atoms with E-state index in [1.54, 1.807) is 0 Å². The lowest BCUT2D eigenvalue weighted by Crippen LogP contribution is -2.42. The molecule has 0 radical (unpaired) electrons. The predicted octanol–water partition coefficient (Wildman–Crippen LogP) is 6.01. The Labute approximate surface area is 111 Å². The first-order valence-corrected chi connectivity index (χ1v) is 7.22. The van der Waals surface area contributed by atoms with Gasteiger partial charge in [0.1, 0.15) is 0 Å². The van der Waals surface area contributed by atoms with E-state index >= 15 is 0 Å². The van der Waals surface area contributed by atoms with Crippen LogP contribution in [-0.2, 0) is 0 Å². The molecule has 0 aromatic carbocycles. The van der Waals surface area contributed by atoms with E-state index in [4.69, 9.17) is 0 Å². The second-order valence-electron chi connectivity index (χ2n) is 8.85. The average molecular weight is 240 g/mol. The minimum absolute atomic E-state index is 0.380. The van der Waals surface area contributed by atoms with Crippen LogP contribution in [0.5, 0.6) is 0 Å². The van der Waals surface area contributed by atoms with Gasteiger partial charge in [-0.15, -0.1) is 0 Å². The fraction of sp³-hybridized carbons (Fsp3) is 1.00. The zero-order valence-electron chi connectivity index (χ0n) is 14.2. The fourth-order valence-electron chi connectivity index (χ4n) is 2.90. The first kappa shape index (κ1) is 17.0. The van der Waals surface area contributed by atoms with Crippen LogP contribution in [0.4, 0.5) is 0 Å². The molecule has 0 amide bonds. The summed E-state index contributed by atoms with van der Waals surface area (Å²) in [6, 6.07) is 0. The Morgan fingerprint density at radius 2 is 0.882 bits per heavy atom. The summed E-state index contributed by atoms with van der Waals surface area (Å²) >= 11 is 0. The smallest absolute Gasteiger partial charge is 0.0295 e. The molecule has 0 aromatic rings. The first-order valence-electron chi connectivity index (χ1n) is 7.22. The molecular formula is C17H36. The zero-order chi connectivity index (χ0) is 14.2. The van der Waals surface area contributed by atoms with Crippen molar-refractivity contribution in [3.63, 3.8) is 0 Å². The van der Waals surface area contributed by atoms with Crippen molar-refractivity contribution >= 4 is 0 Å². The average Bonchev–Trinajstić information content (AvgIpc) is 2.11. The van der Waals surface area contributed by atoms with Gasteiger partial charge in [-0.3, -0.25) is 0 Å². The maximum absolute atomic E-state index is 2.45. The molecule has 17 heavy (non-hydrogen) atoms. The summed E-state index contributed by atoms with van der Waals surface area (Å²) in [6.45, 7) is 26.4. The summed E-state index contributed by atoms with van der Waals surface area (Å²) in [5.74, 6) is 2.19. The maximum atomic E-state index is 2.45. The SMILES string of the molecule is CC(C(C)C(C)(C)C(C)C(C)(C)C)C(C)(C)C. The summed E-state index contributed by atoms with van der Waals surface area (Å²) in [6.07, 6.45) is 0. The molecule has 0 heteroatoms. The molecular weight excluding hydrogens is 204 g/mol. The second kappa shape index (κ2) is 4.94. The van der Waals surface area contributed by atoms with Gasteiger partial charge in [0, 0.05) is 0 Å². The third kappa shape index (κ3) is 4.00. The van der Waals surface area contributed by atoms with Crippen molar-refractivity contribution in [2.24, 2.45) is 34.0 Å². The van der Waals surface area contributed by atoms with Gasteiger partial charge < -0.3 is 0 Å². The maximum Gasteiger partial charge on any atom is -0.0295 e. The second-order valence-corrected chi connectivity index (χ2v) is 8.85. The summed E-state index contributed by atoms with van der Waals surface area (Å²) in [5, 5.41) is 0. The lowest BCUT2D eigenvalue weighted by Gasteiger charge is -2.49. The van der Waals surface area contributed by atoms with Crippen molar-refractivity contribution in [3.8, 4) is 0 Å². The highest BCUT2D eigenvalue weighted by molar-refractivity contribution is 4.91. The molecule has 0 nitrogen and oxygen atoms in total. The molecule has 0 saturated heterocycles. The van der Waals surface area contributed by atoms with E-state index in [0.717, 1.165) is 17.8 Å². The Morgan fingerprint density at radius 1 is 0.529 bits per heavy atom. The molecule has 0 heterocycles. The van der Waals surface area contributed by atoms with E-state index in [9.17, 15) is 0 Å². The van der Waals surface area contributed by atoms with Crippen LogP contribution in [0.1, 0.15) is 76.2 Å². The summed E-state index contributed by atoms with van der Waals surface area (Å²) in [4.78, 5) is 0. The normalized spacial score (nSPS) is 19.9. The summed E-state index contributed by atoms with van der Waals surface area (Å²) < 4.78 is 0. The van der Waals surface area contributed by atoms with Crippen molar-refractivity contribution < 1.29 is 0 Å². The van der Waals surface area contributed by atoms with Gasteiger partial charge in [0.2, 0.25) is 0 Å². The monoisotopic (exact) mass is 240 g/mol. The standard InChI is InChI=1S/C17H36/c1-12(15(4,5)6)13(2)17(10,11)14(3)16(7,8)9/h12-14H,1-11H3. The molecule has 0 aliphatic rings. The van der Waals surface area contributed by atoms with Gasteiger partial charge in [-0.25, -0.2) is 0 Å². The number of hydrogen-bond donors (Lipinski definition) is 0. The van der Waals surface area contributed by atoms with Crippen LogP contribution in [0.15, 0.2) is 0 Å². The molecule has 3 unspecified atom stereocenters. The van der Waals surface area contributed by atoms with Gasteiger partial charge in [-0.05, 0) is 34.0 Å². The van der Waals surface area contributed by atoms with Crippen LogP contribution >= 0.6 is 0 Å². The van der Waals surface area contributed by atoms with Crippen molar-refractivity contribution in [1.29, 1.82) is 0 Å². The molecule has 0 aliphatic heterocycles. The van der Waals surface area contributed by atoms with E-state index in [2.05, 4.69) is 76.2 Å². The van der Waals surface area contributed by atoms with Gasteiger partial charge in [0.15, 0.2) is 0 Å². The van der Waals surface area contributed by atoms with E-state index in [0.29, 0.717) is 16.2 Å². The predicted molar refractivity (Wildman–Crippen MR) is 80.2 cm³/mol. The Morgan fingerprint density at radius 3 is 1.12 bits per heavy atom. The zero-order valence-corrected chi connectivity index (χ0v) is 14.2. The largest absolute Gasteiger partial charge is 0.0617 e. The van der Waals surface area contributed by atoms with Crippen LogP contribution in [0.2, 0.25) is 0 Å². The molecule has 0 aliphatic carbocycles. The van der Waals surface area contributed by atoms with Crippen LogP contribution < -0.4 is 0 Å². The molecule has 104 valence electrons. The lowest BCUT2D eigenvalue weighted by molar-refractivity contribution is 0.000200. The van der Waals surface area contributed by atoms with Crippen molar-refractivity contribution in [3.05, 3.63) is 0 Å². The molecule has 0 N–H and O–H groups in total. The molecule has 0 saturated carbocycles. The Hall–Kier alpha value is 0. The van der Waals surface area contributed by atoms with Crippen LogP contribution in [-0.4, -0.2) is 0 Å². The summed E-state index contributed by atoms with van der Waals surface area (Å²) in [7, 11) is 0. The van der Waals surface area contributed by atoms with E-state index in [1.807, 2.05) is 0 Å². The lowest BCUT2D eigenvalue weighted by atomic mass is 9.56. The van der Waals surface area contributed by atoms with E-state index in [-0.39, 0.29) is 0 Å². The van der Waals surface area contributed by atoms with Gasteiger partial charge in [0.25, 0.3) is 0 Å². The molecule has 0 bridgehead atoms. The molecule has 0 fully saturated rings. The van der Waals surface area contributed by atoms with Crippen LogP contribution in [0, 0.1) is 34.0 Å². The van der Waals surface area contributed by atoms with Crippen molar-refractivity contribution in [1.82, 2.24) is 0 Å². The quantitative estimate of drug-likeness (QED) is 0.566. The Balaban J connectivity index is 5.07. The molecule has 0 spiro atoms. The minimum atomic E-state index is 0.380. The topological polar surface area (TPSA) is 0 Å². The van der Waals surface area contributed by atoms with Gasteiger partial charge in [0.05, 0.1) is 0 Å². The highest BCUT2D eigenvalue weighted by Gasteiger charge is 2.42.